The lowest BCUT2D eigenvalue weighted by atomic mass is 10.3. The number of sulfonamides is 1. The Morgan fingerprint density at radius 1 is 1.19 bits per heavy atom. The summed E-state index contributed by atoms with van der Waals surface area (Å²) in [5, 5.41) is 0. The van der Waals surface area contributed by atoms with Crippen LogP contribution >= 0.6 is 0 Å². The van der Waals surface area contributed by atoms with Gasteiger partial charge in [0.05, 0.1) is 11.5 Å². The second-order valence-corrected chi connectivity index (χ2v) is 7.15. The van der Waals surface area contributed by atoms with Crippen molar-refractivity contribution in [2.24, 2.45) is 0 Å². The highest BCUT2D eigenvalue weighted by molar-refractivity contribution is 7.89. The first-order valence-electron chi connectivity index (χ1n) is 7.46. The lowest BCUT2D eigenvalue weighted by Crippen LogP contribution is -2.33. The molecule has 0 unspecified atom stereocenters. The molecular weight excluding hydrogens is 373 g/mol. The van der Waals surface area contributed by atoms with Gasteiger partial charge in [-0.05, 0) is 23.8 Å². The second-order valence-electron chi connectivity index (χ2n) is 5.22. The zero-order chi connectivity index (χ0) is 19.2. The van der Waals surface area contributed by atoms with Gasteiger partial charge in [-0.15, -0.1) is 13.2 Å². The van der Waals surface area contributed by atoms with Crippen LogP contribution in [0.2, 0.25) is 0 Å². The number of hydrogen-bond donors (Lipinski definition) is 0. The van der Waals surface area contributed by atoms with Crippen LogP contribution in [0.3, 0.4) is 0 Å². The van der Waals surface area contributed by atoms with Gasteiger partial charge in [0.2, 0.25) is 10.0 Å². The number of methoxy groups -OCH3 is 1. The summed E-state index contributed by atoms with van der Waals surface area (Å²) in [6.07, 6.45) is -1.85. The quantitative estimate of drug-likeness (QED) is 0.693. The van der Waals surface area contributed by atoms with Gasteiger partial charge >= 0.3 is 6.36 Å². The van der Waals surface area contributed by atoms with Crippen molar-refractivity contribution in [2.75, 3.05) is 20.3 Å². The van der Waals surface area contributed by atoms with Gasteiger partial charge in [0.15, 0.2) is 0 Å². The van der Waals surface area contributed by atoms with E-state index in [1.54, 1.807) is 18.3 Å². The van der Waals surface area contributed by atoms with Gasteiger partial charge in [0, 0.05) is 38.7 Å². The highest BCUT2D eigenvalue weighted by Gasteiger charge is 2.32. The number of benzene rings is 1. The van der Waals surface area contributed by atoms with Crippen LogP contribution in [0, 0.1) is 0 Å². The lowest BCUT2D eigenvalue weighted by Gasteiger charge is -2.22. The molecule has 2 rings (SSSR count). The fourth-order valence-corrected chi connectivity index (χ4v) is 3.60. The molecule has 0 aliphatic rings. The van der Waals surface area contributed by atoms with Gasteiger partial charge in [-0.25, -0.2) is 8.42 Å². The molecular formula is C16H17F3N2O4S. The maximum Gasteiger partial charge on any atom is 0.573 e. The summed E-state index contributed by atoms with van der Waals surface area (Å²) in [5.74, 6) is -0.605. The maximum absolute atomic E-state index is 12.9. The van der Waals surface area contributed by atoms with E-state index in [1.165, 1.54) is 25.4 Å². The first-order chi connectivity index (χ1) is 12.2. The number of hydrogen-bond acceptors (Lipinski definition) is 5. The monoisotopic (exact) mass is 390 g/mol. The van der Waals surface area contributed by atoms with Crippen LogP contribution in [0.15, 0.2) is 53.7 Å². The average molecular weight is 390 g/mol. The minimum absolute atomic E-state index is 0.00386. The third-order valence-corrected chi connectivity index (χ3v) is 5.14. The molecule has 0 aliphatic heterocycles. The van der Waals surface area contributed by atoms with Crippen molar-refractivity contribution in [1.82, 2.24) is 9.29 Å². The van der Waals surface area contributed by atoms with E-state index in [0.717, 1.165) is 16.4 Å². The standard InChI is InChI=1S/C16H17F3N2O4S/c1-24-9-8-21(12-13-4-3-7-20-11-13)26(22,23)15-6-2-5-14(10-15)25-16(17,18)19/h2-7,10-11H,8-9,12H2,1H3. The number of nitrogens with zero attached hydrogens (tertiary/aromatic N) is 2. The van der Waals surface area contributed by atoms with Crippen molar-refractivity contribution in [2.45, 2.75) is 17.8 Å². The van der Waals surface area contributed by atoms with Gasteiger partial charge in [-0.1, -0.05) is 12.1 Å². The lowest BCUT2D eigenvalue weighted by molar-refractivity contribution is -0.274. The van der Waals surface area contributed by atoms with Crippen LogP contribution in [0.25, 0.3) is 0 Å². The topological polar surface area (TPSA) is 68.7 Å². The molecule has 1 aromatic carbocycles. The van der Waals surface area contributed by atoms with Gasteiger partial charge in [0.1, 0.15) is 5.75 Å². The minimum atomic E-state index is -4.91. The average Bonchev–Trinajstić information content (AvgIpc) is 2.58. The Morgan fingerprint density at radius 2 is 1.96 bits per heavy atom. The fourth-order valence-electron chi connectivity index (χ4n) is 2.15. The summed E-state index contributed by atoms with van der Waals surface area (Å²) >= 11 is 0. The van der Waals surface area contributed by atoms with Crippen molar-refractivity contribution in [3.05, 3.63) is 54.4 Å². The van der Waals surface area contributed by atoms with Crippen LogP contribution in [0.1, 0.15) is 5.56 Å². The Bertz CT molecular complexity index is 814. The third kappa shape index (κ3) is 5.68. The number of aromatic nitrogens is 1. The Balaban J connectivity index is 2.32. The Morgan fingerprint density at radius 3 is 2.58 bits per heavy atom. The minimum Gasteiger partial charge on any atom is -0.406 e. The van der Waals surface area contributed by atoms with Crippen LogP contribution in [-0.4, -0.2) is 44.3 Å². The molecule has 2 aromatic rings. The van der Waals surface area contributed by atoms with E-state index in [-0.39, 0.29) is 24.6 Å². The van der Waals surface area contributed by atoms with Gasteiger partial charge in [-0.3, -0.25) is 4.98 Å². The second kappa shape index (κ2) is 8.47. The molecule has 0 saturated heterocycles. The SMILES string of the molecule is COCCN(Cc1cccnc1)S(=O)(=O)c1cccc(OC(F)(F)F)c1. The van der Waals surface area contributed by atoms with E-state index in [9.17, 15) is 21.6 Å². The first kappa shape index (κ1) is 20.1. The first-order valence-corrected chi connectivity index (χ1v) is 8.90. The summed E-state index contributed by atoms with van der Waals surface area (Å²) in [5.41, 5.74) is 0.634. The number of pyridine rings is 1. The molecule has 1 aromatic heterocycles. The van der Waals surface area contributed by atoms with E-state index in [4.69, 9.17) is 4.74 Å². The highest BCUT2D eigenvalue weighted by atomic mass is 32.2. The van der Waals surface area contributed by atoms with Crippen LogP contribution in [0.4, 0.5) is 13.2 Å². The summed E-state index contributed by atoms with van der Waals surface area (Å²) in [6.45, 7) is 0.153. The zero-order valence-corrected chi connectivity index (χ0v) is 14.6. The van der Waals surface area contributed by atoms with Crippen molar-refractivity contribution in [1.29, 1.82) is 0 Å². The van der Waals surface area contributed by atoms with Crippen LogP contribution < -0.4 is 4.74 Å². The molecule has 0 saturated carbocycles. The van der Waals surface area contributed by atoms with Crippen molar-refractivity contribution in [3.8, 4) is 5.75 Å². The van der Waals surface area contributed by atoms with Gasteiger partial charge in [-0.2, -0.15) is 4.31 Å². The summed E-state index contributed by atoms with van der Waals surface area (Å²) in [7, 11) is -2.65. The van der Waals surface area contributed by atoms with E-state index >= 15 is 0 Å². The number of halogens is 3. The summed E-state index contributed by atoms with van der Waals surface area (Å²) in [4.78, 5) is 3.62. The number of ether oxygens (including phenoxy) is 2. The van der Waals surface area contributed by atoms with E-state index in [2.05, 4.69) is 9.72 Å². The predicted molar refractivity (Wildman–Crippen MR) is 86.8 cm³/mol. The third-order valence-electron chi connectivity index (χ3n) is 3.30. The largest absolute Gasteiger partial charge is 0.573 e. The van der Waals surface area contributed by atoms with Crippen molar-refractivity contribution >= 4 is 10.0 Å². The van der Waals surface area contributed by atoms with E-state index in [0.29, 0.717) is 5.56 Å². The Labute approximate surface area is 149 Å². The summed E-state index contributed by atoms with van der Waals surface area (Å²) in [6, 6.07) is 7.63. The van der Waals surface area contributed by atoms with E-state index < -0.39 is 22.1 Å². The molecule has 6 nitrogen and oxygen atoms in total. The van der Waals surface area contributed by atoms with Crippen LogP contribution in [0.5, 0.6) is 5.75 Å². The molecule has 1 heterocycles. The van der Waals surface area contributed by atoms with Crippen molar-refractivity contribution in [3.63, 3.8) is 0 Å². The molecule has 0 amide bonds. The highest BCUT2D eigenvalue weighted by Crippen LogP contribution is 2.26. The summed E-state index contributed by atoms with van der Waals surface area (Å²) < 4.78 is 72.7. The Kier molecular flexibility index (Phi) is 6.57. The van der Waals surface area contributed by atoms with Crippen molar-refractivity contribution < 1.29 is 31.1 Å². The molecule has 0 N–H and O–H groups in total. The Hall–Kier alpha value is -2.17. The molecule has 0 spiro atoms. The normalized spacial score (nSPS) is 12.3. The molecule has 10 heteroatoms. The number of rotatable bonds is 8. The van der Waals surface area contributed by atoms with Gasteiger partial charge < -0.3 is 9.47 Å². The maximum atomic E-state index is 12.9. The van der Waals surface area contributed by atoms with Crippen LogP contribution in [-0.2, 0) is 21.3 Å². The predicted octanol–water partition coefficient (Wildman–Crippen LogP) is 2.82. The number of alkyl halides is 3. The molecule has 0 fully saturated rings. The fraction of sp³-hybridized carbons (Fsp3) is 0.312. The molecule has 0 radical (unpaired) electrons. The molecule has 26 heavy (non-hydrogen) atoms. The zero-order valence-electron chi connectivity index (χ0n) is 13.8. The smallest absolute Gasteiger partial charge is 0.406 e. The molecule has 142 valence electrons. The molecule has 0 bridgehead atoms. The molecule has 0 aliphatic carbocycles. The van der Waals surface area contributed by atoms with E-state index in [1.807, 2.05) is 0 Å². The van der Waals surface area contributed by atoms with Gasteiger partial charge in [0.25, 0.3) is 0 Å². The molecule has 0 atom stereocenters.